The van der Waals surface area contributed by atoms with Crippen LogP contribution in [0.2, 0.25) is 0 Å². The molecule has 2 heterocycles. The van der Waals surface area contributed by atoms with Gasteiger partial charge in [-0.1, -0.05) is 17.8 Å². The second kappa shape index (κ2) is 6.72. The van der Waals surface area contributed by atoms with Crippen LogP contribution in [0.5, 0.6) is 0 Å². The molecule has 0 spiro atoms. The standard InChI is InChI=1S/C12H15N5O2S2/c1-16(2)10(19)7-21-12-15-14-11(8-4-3-5-20-8)17(12)6-9(13)18/h3-5H,6-7H2,1-2H3,(H2,13,18). The molecule has 0 radical (unpaired) electrons. The number of nitrogens with two attached hydrogens (primary N) is 1. The highest BCUT2D eigenvalue weighted by Crippen LogP contribution is 2.27. The molecule has 7 nitrogen and oxygen atoms in total. The van der Waals surface area contributed by atoms with Crippen LogP contribution in [-0.4, -0.2) is 51.3 Å². The lowest BCUT2D eigenvalue weighted by Gasteiger charge is -2.10. The molecule has 2 N–H and O–H groups in total. The molecule has 0 unspecified atom stereocenters. The monoisotopic (exact) mass is 325 g/mol. The summed E-state index contributed by atoms with van der Waals surface area (Å²) in [5, 5.41) is 10.6. The third kappa shape index (κ3) is 3.82. The summed E-state index contributed by atoms with van der Waals surface area (Å²) in [5.74, 6) is 0.303. The second-order valence-electron chi connectivity index (χ2n) is 4.41. The largest absolute Gasteiger partial charge is 0.368 e. The summed E-state index contributed by atoms with van der Waals surface area (Å²) < 4.78 is 1.64. The zero-order valence-electron chi connectivity index (χ0n) is 11.6. The summed E-state index contributed by atoms with van der Waals surface area (Å²) in [7, 11) is 3.38. The average Bonchev–Trinajstić information content (AvgIpc) is 3.04. The zero-order chi connectivity index (χ0) is 15.4. The van der Waals surface area contributed by atoms with Crippen molar-refractivity contribution in [3.63, 3.8) is 0 Å². The van der Waals surface area contributed by atoms with Crippen molar-refractivity contribution >= 4 is 34.9 Å². The van der Waals surface area contributed by atoms with Gasteiger partial charge in [0, 0.05) is 14.1 Å². The molecule has 0 aromatic carbocycles. The van der Waals surface area contributed by atoms with Gasteiger partial charge in [-0.25, -0.2) is 0 Å². The van der Waals surface area contributed by atoms with E-state index in [2.05, 4.69) is 10.2 Å². The van der Waals surface area contributed by atoms with Crippen molar-refractivity contribution in [1.82, 2.24) is 19.7 Å². The molecule has 0 fully saturated rings. The lowest BCUT2D eigenvalue weighted by atomic mass is 10.4. The van der Waals surface area contributed by atoms with Gasteiger partial charge >= 0.3 is 0 Å². The first-order chi connectivity index (χ1) is 9.99. The molecule has 0 saturated carbocycles. The summed E-state index contributed by atoms with van der Waals surface area (Å²) in [5.41, 5.74) is 5.28. The highest BCUT2D eigenvalue weighted by atomic mass is 32.2. The van der Waals surface area contributed by atoms with E-state index in [1.54, 1.807) is 18.7 Å². The lowest BCUT2D eigenvalue weighted by Crippen LogP contribution is -2.24. The number of rotatable bonds is 6. The molecule has 2 aromatic heterocycles. The van der Waals surface area contributed by atoms with Crippen molar-refractivity contribution in [3.05, 3.63) is 17.5 Å². The van der Waals surface area contributed by atoms with Crippen LogP contribution in [0.3, 0.4) is 0 Å². The molecule has 0 saturated heterocycles. The Morgan fingerprint density at radius 2 is 2.19 bits per heavy atom. The van der Waals surface area contributed by atoms with Crippen LogP contribution < -0.4 is 5.73 Å². The molecule has 112 valence electrons. The molecule has 2 rings (SSSR count). The van der Waals surface area contributed by atoms with Crippen molar-refractivity contribution in [3.8, 4) is 10.7 Å². The maximum atomic E-state index is 11.6. The minimum Gasteiger partial charge on any atom is -0.368 e. The minimum absolute atomic E-state index is 0.0152. The molecular formula is C12H15N5O2S2. The Morgan fingerprint density at radius 1 is 1.43 bits per heavy atom. The number of thiophene rings is 1. The van der Waals surface area contributed by atoms with Crippen LogP contribution in [0.4, 0.5) is 0 Å². The van der Waals surface area contributed by atoms with E-state index in [1.165, 1.54) is 28.0 Å². The summed E-state index contributed by atoms with van der Waals surface area (Å²) in [6.45, 7) is -0.0152. The molecule has 0 aliphatic carbocycles. The maximum Gasteiger partial charge on any atom is 0.237 e. The second-order valence-corrected chi connectivity index (χ2v) is 6.30. The van der Waals surface area contributed by atoms with Crippen LogP contribution in [0.1, 0.15) is 0 Å². The molecule has 0 bridgehead atoms. The van der Waals surface area contributed by atoms with Gasteiger partial charge in [-0.2, -0.15) is 0 Å². The van der Waals surface area contributed by atoms with Gasteiger partial charge in [-0.15, -0.1) is 21.5 Å². The minimum atomic E-state index is -0.478. The van der Waals surface area contributed by atoms with Crippen molar-refractivity contribution < 1.29 is 9.59 Å². The van der Waals surface area contributed by atoms with E-state index in [1.807, 2.05) is 17.5 Å². The number of aromatic nitrogens is 3. The SMILES string of the molecule is CN(C)C(=O)CSc1nnc(-c2cccs2)n1CC(N)=O. The number of nitrogens with zero attached hydrogens (tertiary/aromatic N) is 4. The van der Waals surface area contributed by atoms with Crippen LogP contribution in [-0.2, 0) is 16.1 Å². The van der Waals surface area contributed by atoms with E-state index in [9.17, 15) is 9.59 Å². The van der Waals surface area contributed by atoms with Gasteiger partial charge in [0.1, 0.15) is 6.54 Å². The number of amides is 2. The Hall–Kier alpha value is -1.87. The normalized spacial score (nSPS) is 10.6. The Labute approximate surface area is 130 Å². The average molecular weight is 325 g/mol. The Bertz CT molecular complexity index is 636. The van der Waals surface area contributed by atoms with Gasteiger partial charge in [0.15, 0.2) is 11.0 Å². The maximum absolute atomic E-state index is 11.6. The fourth-order valence-electron chi connectivity index (χ4n) is 1.54. The Morgan fingerprint density at radius 3 is 2.76 bits per heavy atom. The molecule has 2 amide bonds. The zero-order valence-corrected chi connectivity index (χ0v) is 13.3. The number of thioether (sulfide) groups is 1. The first-order valence-corrected chi connectivity index (χ1v) is 7.94. The Kier molecular flexibility index (Phi) is 4.97. The van der Waals surface area contributed by atoms with E-state index in [0.29, 0.717) is 11.0 Å². The van der Waals surface area contributed by atoms with E-state index in [0.717, 1.165) is 4.88 Å². The molecule has 0 aliphatic rings. The van der Waals surface area contributed by atoms with Crippen molar-refractivity contribution in [2.24, 2.45) is 5.73 Å². The number of primary amides is 1. The van der Waals surface area contributed by atoms with Crippen LogP contribution >= 0.6 is 23.1 Å². The van der Waals surface area contributed by atoms with Crippen LogP contribution in [0.25, 0.3) is 10.7 Å². The molecule has 0 atom stereocenters. The van der Waals surface area contributed by atoms with Gasteiger partial charge in [0.2, 0.25) is 11.8 Å². The van der Waals surface area contributed by atoms with Gasteiger partial charge in [0.25, 0.3) is 0 Å². The predicted octanol–water partition coefficient (Wildman–Crippen LogP) is 0.672. The molecular weight excluding hydrogens is 310 g/mol. The topological polar surface area (TPSA) is 94.1 Å². The number of hydrogen-bond acceptors (Lipinski definition) is 6. The fourth-order valence-corrected chi connectivity index (χ4v) is 3.17. The van der Waals surface area contributed by atoms with Gasteiger partial charge in [0.05, 0.1) is 10.6 Å². The van der Waals surface area contributed by atoms with Gasteiger partial charge in [-0.05, 0) is 11.4 Å². The van der Waals surface area contributed by atoms with Crippen LogP contribution in [0.15, 0.2) is 22.7 Å². The van der Waals surface area contributed by atoms with Crippen LogP contribution in [0, 0.1) is 0 Å². The lowest BCUT2D eigenvalue weighted by molar-refractivity contribution is -0.125. The van der Waals surface area contributed by atoms with Crippen molar-refractivity contribution in [2.45, 2.75) is 11.7 Å². The fraction of sp³-hybridized carbons (Fsp3) is 0.333. The van der Waals surface area contributed by atoms with Gasteiger partial charge in [-0.3, -0.25) is 14.2 Å². The van der Waals surface area contributed by atoms with Crippen molar-refractivity contribution in [2.75, 3.05) is 19.8 Å². The summed E-state index contributed by atoms with van der Waals surface area (Å²) in [6.07, 6.45) is 0. The third-order valence-corrected chi connectivity index (χ3v) is 4.41. The van der Waals surface area contributed by atoms with E-state index >= 15 is 0 Å². The first kappa shape index (κ1) is 15.5. The van der Waals surface area contributed by atoms with Crippen molar-refractivity contribution in [1.29, 1.82) is 0 Å². The number of carbonyl (C=O) groups excluding carboxylic acids is 2. The van der Waals surface area contributed by atoms with Gasteiger partial charge < -0.3 is 10.6 Å². The molecule has 21 heavy (non-hydrogen) atoms. The van der Waals surface area contributed by atoms with E-state index < -0.39 is 5.91 Å². The molecule has 9 heteroatoms. The Balaban J connectivity index is 2.25. The molecule has 2 aromatic rings. The summed E-state index contributed by atoms with van der Waals surface area (Å²) >= 11 is 2.74. The first-order valence-electron chi connectivity index (χ1n) is 6.07. The molecule has 0 aliphatic heterocycles. The smallest absolute Gasteiger partial charge is 0.237 e. The van der Waals surface area contributed by atoms with E-state index in [-0.39, 0.29) is 18.2 Å². The van der Waals surface area contributed by atoms with E-state index in [4.69, 9.17) is 5.73 Å². The number of carbonyl (C=O) groups is 2. The quantitative estimate of drug-likeness (QED) is 0.788. The highest BCUT2D eigenvalue weighted by molar-refractivity contribution is 7.99. The number of hydrogen-bond donors (Lipinski definition) is 1. The summed E-state index contributed by atoms with van der Waals surface area (Å²) in [6, 6.07) is 3.79. The summed E-state index contributed by atoms with van der Waals surface area (Å²) in [4.78, 5) is 25.3. The third-order valence-electron chi connectivity index (χ3n) is 2.60. The predicted molar refractivity (Wildman–Crippen MR) is 81.9 cm³/mol. The highest BCUT2D eigenvalue weighted by Gasteiger charge is 2.18.